The first-order valence-corrected chi connectivity index (χ1v) is 16.3. The van der Waals surface area contributed by atoms with Crippen molar-refractivity contribution < 1.29 is 0 Å². The van der Waals surface area contributed by atoms with Crippen molar-refractivity contribution in [1.29, 1.82) is 0 Å². The maximum Gasteiger partial charge on any atom is 0.164 e. The van der Waals surface area contributed by atoms with Crippen LogP contribution in [0.4, 0.5) is 0 Å². The molecule has 0 saturated heterocycles. The summed E-state index contributed by atoms with van der Waals surface area (Å²) in [5, 5.41) is 2.58. The van der Waals surface area contributed by atoms with Gasteiger partial charge in [0.05, 0.1) is 0 Å². The zero-order chi connectivity index (χ0) is 30.3. The lowest BCUT2D eigenvalue weighted by Crippen LogP contribution is -2.02. The minimum absolute atomic E-state index is 0.677. The quantitative estimate of drug-likeness (QED) is 0.179. The molecule has 216 valence electrons. The molecule has 0 saturated carbocycles. The Labute approximate surface area is 267 Å². The van der Waals surface area contributed by atoms with Crippen LogP contribution in [-0.4, -0.2) is 15.0 Å². The molecule has 5 aromatic carbocycles. The molecule has 1 aliphatic rings. The fourth-order valence-electron chi connectivity index (χ4n) is 6.59. The Morgan fingerprint density at radius 1 is 0.689 bits per heavy atom. The minimum atomic E-state index is 0.677. The summed E-state index contributed by atoms with van der Waals surface area (Å²) in [5.74, 6) is 2.05. The van der Waals surface area contributed by atoms with Crippen LogP contribution in [0, 0.1) is 0 Å². The molecule has 0 radical (unpaired) electrons. The summed E-state index contributed by atoms with van der Waals surface area (Å²) >= 11 is 1.83. The lowest BCUT2D eigenvalue weighted by atomic mass is 9.91. The van der Waals surface area contributed by atoms with Gasteiger partial charge in [0.15, 0.2) is 17.5 Å². The van der Waals surface area contributed by atoms with Crippen molar-refractivity contribution in [2.45, 2.75) is 26.7 Å². The van der Waals surface area contributed by atoms with Gasteiger partial charge in [-0.2, -0.15) is 0 Å². The molecule has 0 unspecified atom stereocenters. The lowest BCUT2D eigenvalue weighted by molar-refractivity contribution is 1.03. The highest BCUT2D eigenvalue weighted by Crippen LogP contribution is 2.47. The monoisotopic (exact) mass is 597 g/mol. The average molecular weight is 598 g/mol. The highest BCUT2D eigenvalue weighted by atomic mass is 32.1. The van der Waals surface area contributed by atoms with Crippen LogP contribution in [0.3, 0.4) is 0 Å². The van der Waals surface area contributed by atoms with Crippen LogP contribution in [0.1, 0.15) is 37.2 Å². The second-order valence-electron chi connectivity index (χ2n) is 11.4. The number of benzene rings is 5. The number of aromatic nitrogens is 3. The van der Waals surface area contributed by atoms with Gasteiger partial charge in [-0.05, 0) is 71.3 Å². The van der Waals surface area contributed by atoms with E-state index in [-0.39, 0.29) is 0 Å². The fraction of sp³-hybridized carbons (Fsp3) is 0.0976. The van der Waals surface area contributed by atoms with Crippen molar-refractivity contribution in [3.05, 3.63) is 144 Å². The second kappa shape index (κ2) is 11.4. The molecule has 0 fully saturated rings. The van der Waals surface area contributed by atoms with Gasteiger partial charge in [0.1, 0.15) is 0 Å². The molecule has 3 nitrogen and oxygen atoms in total. The molecule has 2 aromatic heterocycles. The predicted octanol–water partition coefficient (Wildman–Crippen LogP) is 11.2. The van der Waals surface area contributed by atoms with Crippen molar-refractivity contribution in [2.24, 2.45) is 0 Å². The van der Waals surface area contributed by atoms with Gasteiger partial charge in [0.2, 0.25) is 0 Å². The van der Waals surface area contributed by atoms with Crippen LogP contribution in [-0.2, 0) is 6.42 Å². The van der Waals surface area contributed by atoms with Crippen LogP contribution < -0.4 is 0 Å². The van der Waals surface area contributed by atoms with E-state index in [0.717, 1.165) is 29.5 Å². The Morgan fingerprint density at radius 2 is 1.40 bits per heavy atom. The summed E-state index contributed by atoms with van der Waals surface area (Å²) < 4.78 is 2.52. The zero-order valence-electron chi connectivity index (χ0n) is 25.3. The summed E-state index contributed by atoms with van der Waals surface area (Å²) in [7, 11) is 0. The lowest BCUT2D eigenvalue weighted by Gasteiger charge is -2.14. The van der Waals surface area contributed by atoms with Gasteiger partial charge >= 0.3 is 0 Å². The van der Waals surface area contributed by atoms with Crippen LogP contribution in [0.5, 0.6) is 0 Å². The third-order valence-electron chi connectivity index (χ3n) is 8.57. The Balaban J connectivity index is 1.41. The van der Waals surface area contributed by atoms with E-state index < -0.39 is 0 Å². The van der Waals surface area contributed by atoms with Gasteiger partial charge in [0.25, 0.3) is 0 Å². The molecule has 2 heterocycles. The highest BCUT2D eigenvalue weighted by molar-refractivity contribution is 7.26. The minimum Gasteiger partial charge on any atom is -0.208 e. The molecule has 0 amide bonds. The smallest absolute Gasteiger partial charge is 0.164 e. The molecule has 0 atom stereocenters. The number of rotatable bonds is 6. The maximum absolute atomic E-state index is 5.13. The van der Waals surface area contributed by atoms with Crippen molar-refractivity contribution >= 4 is 37.1 Å². The van der Waals surface area contributed by atoms with Crippen LogP contribution >= 0.6 is 11.3 Å². The summed E-state index contributed by atoms with van der Waals surface area (Å²) in [6, 6.07) is 39.1. The van der Waals surface area contributed by atoms with Crippen molar-refractivity contribution in [3.63, 3.8) is 0 Å². The molecule has 0 spiro atoms. The van der Waals surface area contributed by atoms with Gasteiger partial charge < -0.3 is 0 Å². The SMILES string of the molecule is C/C=C\C(=C/CC)c1nc(-c2ccccc2)nc(-c2cc(-c3cccc4c3Cc3ccccc3-4)c3c(c2)sc2ccccc23)n1. The second-order valence-corrected chi connectivity index (χ2v) is 12.5. The van der Waals surface area contributed by atoms with Crippen LogP contribution in [0.2, 0.25) is 0 Å². The molecule has 4 heteroatoms. The fourth-order valence-corrected chi connectivity index (χ4v) is 7.76. The van der Waals surface area contributed by atoms with E-state index in [4.69, 9.17) is 15.0 Å². The van der Waals surface area contributed by atoms with Crippen LogP contribution in [0.25, 0.3) is 70.8 Å². The summed E-state index contributed by atoms with van der Waals surface area (Å²) in [5.41, 5.74) is 10.9. The van der Waals surface area contributed by atoms with Gasteiger partial charge in [-0.1, -0.05) is 116 Å². The van der Waals surface area contributed by atoms with E-state index in [1.165, 1.54) is 53.6 Å². The summed E-state index contributed by atoms with van der Waals surface area (Å²) in [6.07, 6.45) is 8.13. The van der Waals surface area contributed by atoms with E-state index in [0.29, 0.717) is 17.5 Å². The maximum atomic E-state index is 5.13. The van der Waals surface area contributed by atoms with Crippen molar-refractivity contribution in [2.75, 3.05) is 0 Å². The largest absolute Gasteiger partial charge is 0.208 e. The molecular weight excluding hydrogens is 567 g/mol. The number of hydrogen-bond acceptors (Lipinski definition) is 4. The number of hydrogen-bond donors (Lipinski definition) is 0. The number of nitrogens with zero attached hydrogens (tertiary/aromatic N) is 3. The van der Waals surface area contributed by atoms with E-state index in [9.17, 15) is 0 Å². The average Bonchev–Trinajstić information content (AvgIpc) is 3.66. The molecule has 0 aliphatic heterocycles. The van der Waals surface area contributed by atoms with Crippen molar-refractivity contribution in [3.8, 4) is 45.0 Å². The normalized spacial score (nSPS) is 12.7. The molecule has 1 aliphatic carbocycles. The predicted molar refractivity (Wildman–Crippen MR) is 190 cm³/mol. The first kappa shape index (κ1) is 27.4. The third-order valence-corrected chi connectivity index (χ3v) is 9.69. The number of fused-ring (bicyclic) bond motifs is 6. The van der Waals surface area contributed by atoms with Gasteiger partial charge in [-0.25, -0.2) is 15.0 Å². The molecular formula is C41H31N3S. The topological polar surface area (TPSA) is 38.7 Å². The van der Waals surface area contributed by atoms with Crippen LogP contribution in [0.15, 0.2) is 127 Å². The van der Waals surface area contributed by atoms with Gasteiger partial charge in [0, 0.05) is 36.9 Å². The summed E-state index contributed by atoms with van der Waals surface area (Å²) in [4.78, 5) is 15.2. The van der Waals surface area contributed by atoms with Gasteiger partial charge in [-0.15, -0.1) is 11.3 Å². The number of thiophene rings is 1. The third kappa shape index (κ3) is 4.79. The van der Waals surface area contributed by atoms with E-state index in [2.05, 4.69) is 110 Å². The molecule has 8 rings (SSSR count). The van der Waals surface area contributed by atoms with E-state index >= 15 is 0 Å². The molecule has 0 bridgehead atoms. The Kier molecular flexibility index (Phi) is 6.92. The van der Waals surface area contributed by atoms with E-state index in [1.807, 2.05) is 42.5 Å². The highest BCUT2D eigenvalue weighted by Gasteiger charge is 2.24. The van der Waals surface area contributed by atoms with Crippen molar-refractivity contribution in [1.82, 2.24) is 15.0 Å². The first-order chi connectivity index (χ1) is 22.2. The number of allylic oxidation sites excluding steroid dienone is 4. The molecule has 0 N–H and O–H groups in total. The molecule has 7 aromatic rings. The Hall–Kier alpha value is -5.19. The van der Waals surface area contributed by atoms with E-state index in [1.54, 1.807) is 0 Å². The van der Waals surface area contributed by atoms with Gasteiger partial charge in [-0.3, -0.25) is 0 Å². The summed E-state index contributed by atoms with van der Waals surface area (Å²) in [6.45, 7) is 4.17. The zero-order valence-corrected chi connectivity index (χ0v) is 26.1. The first-order valence-electron chi connectivity index (χ1n) is 15.5. The Morgan fingerprint density at radius 3 is 2.22 bits per heavy atom. The molecule has 45 heavy (non-hydrogen) atoms. The standard InChI is InChI=1S/C41H31N3S/c1-3-13-26(14-4-2)39-42-40(27-15-6-5-7-16-27)44-41(43-39)29-24-35(38-33-19-10-11-22-36(33)45-37(38)25-29)32-21-12-20-31-30-18-9-8-17-28(30)23-34(31)32/h3,5-22,24-25H,4,23H2,1-2H3/b13-3-,26-14+. The Bertz CT molecular complexity index is 2290.